The van der Waals surface area contributed by atoms with Crippen molar-refractivity contribution in [3.8, 4) is 5.69 Å². The second kappa shape index (κ2) is 8.34. The number of amidine groups is 1. The molecule has 2 heterocycles. The van der Waals surface area contributed by atoms with Crippen molar-refractivity contribution in [2.24, 2.45) is 4.99 Å². The number of rotatable bonds is 3. The fourth-order valence-corrected chi connectivity index (χ4v) is 4.57. The Bertz CT molecular complexity index is 1230. The van der Waals surface area contributed by atoms with Crippen LogP contribution in [0.25, 0.3) is 11.8 Å². The van der Waals surface area contributed by atoms with Crippen molar-refractivity contribution in [1.29, 1.82) is 0 Å². The van der Waals surface area contributed by atoms with E-state index in [1.807, 2.05) is 12.1 Å². The van der Waals surface area contributed by atoms with Crippen molar-refractivity contribution in [3.63, 3.8) is 0 Å². The summed E-state index contributed by atoms with van der Waals surface area (Å²) in [5, 5.41) is 4.06. The Morgan fingerprint density at radius 2 is 1.83 bits per heavy atom. The molecule has 0 bridgehead atoms. The van der Waals surface area contributed by atoms with E-state index in [0.29, 0.717) is 25.8 Å². The van der Waals surface area contributed by atoms with Gasteiger partial charge in [-0.15, -0.1) is 0 Å². The van der Waals surface area contributed by atoms with Gasteiger partial charge in [-0.2, -0.15) is 0 Å². The van der Waals surface area contributed by atoms with Gasteiger partial charge in [0.2, 0.25) is 0 Å². The summed E-state index contributed by atoms with van der Waals surface area (Å²) in [7, 11) is 0. The topological polar surface area (TPSA) is 46.4 Å². The van der Waals surface area contributed by atoms with Crippen LogP contribution in [0.4, 0.5) is 5.69 Å². The van der Waals surface area contributed by atoms with Gasteiger partial charge in [0.15, 0.2) is 5.17 Å². The minimum absolute atomic E-state index is 0.183. The number of carbonyl (C=O) groups is 1. The molecule has 1 aromatic heterocycles. The summed E-state index contributed by atoms with van der Waals surface area (Å²) in [6, 6.07) is 15.7. The van der Waals surface area contributed by atoms with E-state index in [9.17, 15) is 4.79 Å². The molecular weight excluding hydrogens is 437 g/mol. The maximum atomic E-state index is 12.5. The molecule has 1 N–H and O–H groups in total. The zero-order valence-electron chi connectivity index (χ0n) is 16.7. The van der Waals surface area contributed by atoms with Gasteiger partial charge in [-0.25, -0.2) is 4.99 Å². The number of halogens is 2. The first-order chi connectivity index (χ1) is 14.3. The van der Waals surface area contributed by atoms with Crippen molar-refractivity contribution in [3.05, 3.63) is 86.0 Å². The van der Waals surface area contributed by atoms with Crippen molar-refractivity contribution in [2.75, 3.05) is 0 Å². The van der Waals surface area contributed by atoms with Gasteiger partial charge < -0.3 is 9.88 Å². The summed E-state index contributed by atoms with van der Waals surface area (Å²) in [5.41, 5.74) is 6.00. The van der Waals surface area contributed by atoms with E-state index in [-0.39, 0.29) is 5.91 Å². The van der Waals surface area contributed by atoms with Crippen LogP contribution >= 0.6 is 35.0 Å². The standard InChI is InChI=1S/C23H19Cl2N3OS/c1-13-6-4-7-17(10-13)28-14(2)11-16(15(28)3)12-20-22(29)27-23(30-20)26-19-9-5-8-18(24)21(19)25/h4-12H,1-3H3,(H,26,27,29)/b20-12-. The molecule has 1 saturated heterocycles. The molecule has 1 aliphatic heterocycles. The third-order valence-corrected chi connectivity index (χ3v) is 6.54. The molecule has 7 heteroatoms. The summed E-state index contributed by atoms with van der Waals surface area (Å²) >= 11 is 13.5. The monoisotopic (exact) mass is 455 g/mol. The highest BCUT2D eigenvalue weighted by molar-refractivity contribution is 8.18. The molecule has 0 atom stereocenters. The molecule has 0 unspecified atom stereocenters. The van der Waals surface area contributed by atoms with Crippen LogP contribution in [-0.4, -0.2) is 15.6 Å². The molecule has 3 aromatic rings. The molecule has 2 aromatic carbocycles. The first-order valence-corrected chi connectivity index (χ1v) is 10.9. The van der Waals surface area contributed by atoms with E-state index < -0.39 is 0 Å². The zero-order chi connectivity index (χ0) is 21.4. The average molecular weight is 456 g/mol. The molecule has 30 heavy (non-hydrogen) atoms. The highest BCUT2D eigenvalue weighted by atomic mass is 35.5. The number of carbonyl (C=O) groups excluding carboxylic acids is 1. The molecule has 152 valence electrons. The lowest BCUT2D eigenvalue weighted by Crippen LogP contribution is -2.19. The molecule has 1 aliphatic rings. The summed E-state index contributed by atoms with van der Waals surface area (Å²) in [4.78, 5) is 17.5. The van der Waals surface area contributed by atoms with Crippen LogP contribution in [0, 0.1) is 20.8 Å². The van der Waals surface area contributed by atoms with Gasteiger partial charge in [0.25, 0.3) is 5.91 Å². The number of aryl methyl sites for hydroxylation is 2. The van der Waals surface area contributed by atoms with E-state index in [1.165, 1.54) is 17.3 Å². The van der Waals surface area contributed by atoms with Gasteiger partial charge in [0.05, 0.1) is 20.6 Å². The highest BCUT2D eigenvalue weighted by Crippen LogP contribution is 2.35. The van der Waals surface area contributed by atoms with Gasteiger partial charge in [0, 0.05) is 17.1 Å². The molecule has 4 rings (SSSR count). The van der Waals surface area contributed by atoms with Crippen LogP contribution < -0.4 is 5.32 Å². The number of aliphatic imine (C=N–C) groups is 1. The number of hydrogen-bond donors (Lipinski definition) is 1. The second-order valence-corrected chi connectivity index (χ2v) is 8.87. The van der Waals surface area contributed by atoms with Crippen molar-refractivity contribution in [2.45, 2.75) is 20.8 Å². The second-order valence-electron chi connectivity index (χ2n) is 7.06. The molecule has 1 fully saturated rings. The largest absolute Gasteiger partial charge is 0.318 e. The number of nitrogens with zero attached hydrogens (tertiary/aromatic N) is 2. The normalized spacial score (nSPS) is 16.5. The van der Waals surface area contributed by atoms with E-state index in [2.05, 4.69) is 59.9 Å². The lowest BCUT2D eigenvalue weighted by atomic mass is 10.2. The summed E-state index contributed by atoms with van der Waals surface area (Å²) in [5.74, 6) is -0.183. The first kappa shape index (κ1) is 20.8. The maximum Gasteiger partial charge on any atom is 0.264 e. The van der Waals surface area contributed by atoms with E-state index >= 15 is 0 Å². The lowest BCUT2D eigenvalue weighted by Gasteiger charge is -2.10. The summed E-state index contributed by atoms with van der Waals surface area (Å²) < 4.78 is 2.19. The average Bonchev–Trinajstić information content (AvgIpc) is 3.17. The number of aromatic nitrogens is 1. The number of hydrogen-bond acceptors (Lipinski definition) is 3. The molecule has 1 amide bonds. The smallest absolute Gasteiger partial charge is 0.264 e. The Morgan fingerprint density at radius 1 is 1.07 bits per heavy atom. The summed E-state index contributed by atoms with van der Waals surface area (Å²) in [6.45, 7) is 6.19. The van der Waals surface area contributed by atoms with E-state index in [4.69, 9.17) is 23.2 Å². The Labute approximate surface area is 189 Å². The van der Waals surface area contributed by atoms with Crippen LogP contribution in [0.1, 0.15) is 22.5 Å². The van der Waals surface area contributed by atoms with Crippen LogP contribution in [-0.2, 0) is 4.79 Å². The third-order valence-electron chi connectivity index (χ3n) is 4.82. The van der Waals surface area contributed by atoms with Gasteiger partial charge >= 0.3 is 0 Å². The number of nitrogens with one attached hydrogen (secondary N) is 1. The van der Waals surface area contributed by atoms with Gasteiger partial charge in [-0.05, 0) is 80.1 Å². The van der Waals surface area contributed by atoms with Gasteiger partial charge in [-0.3, -0.25) is 4.79 Å². The number of amides is 1. The SMILES string of the molecule is Cc1cccc(-n2c(C)cc(/C=C3\SC(=Nc4cccc(Cl)c4Cl)NC3=O)c2C)c1. The van der Waals surface area contributed by atoms with Crippen molar-refractivity contribution in [1.82, 2.24) is 9.88 Å². The quantitative estimate of drug-likeness (QED) is 0.452. The summed E-state index contributed by atoms with van der Waals surface area (Å²) in [6.07, 6.45) is 1.90. The van der Waals surface area contributed by atoms with Crippen molar-refractivity contribution >= 4 is 57.8 Å². The lowest BCUT2D eigenvalue weighted by molar-refractivity contribution is -0.115. The molecular formula is C23H19Cl2N3OS. The molecule has 0 saturated carbocycles. The maximum absolute atomic E-state index is 12.5. The highest BCUT2D eigenvalue weighted by Gasteiger charge is 2.25. The fraction of sp³-hybridized carbons (Fsp3) is 0.130. The zero-order valence-corrected chi connectivity index (χ0v) is 19.0. The third kappa shape index (κ3) is 4.06. The van der Waals surface area contributed by atoms with Gasteiger partial charge in [0.1, 0.15) is 0 Å². The van der Waals surface area contributed by atoms with Crippen LogP contribution in [0.3, 0.4) is 0 Å². The molecule has 0 aliphatic carbocycles. The first-order valence-electron chi connectivity index (χ1n) is 9.33. The minimum Gasteiger partial charge on any atom is -0.318 e. The molecule has 0 spiro atoms. The fourth-order valence-electron chi connectivity index (χ4n) is 3.41. The Kier molecular flexibility index (Phi) is 5.78. The predicted molar refractivity (Wildman–Crippen MR) is 127 cm³/mol. The molecule has 0 radical (unpaired) electrons. The Hall–Kier alpha value is -2.47. The Morgan fingerprint density at radius 3 is 2.60 bits per heavy atom. The van der Waals surface area contributed by atoms with Crippen LogP contribution in [0.15, 0.2) is 58.4 Å². The number of benzene rings is 2. The van der Waals surface area contributed by atoms with E-state index in [1.54, 1.807) is 18.2 Å². The molecule has 4 nitrogen and oxygen atoms in total. The van der Waals surface area contributed by atoms with Crippen LogP contribution in [0.2, 0.25) is 10.0 Å². The minimum atomic E-state index is -0.183. The number of thioether (sulfide) groups is 1. The Balaban J connectivity index is 1.66. The van der Waals surface area contributed by atoms with Gasteiger partial charge in [-0.1, -0.05) is 41.4 Å². The van der Waals surface area contributed by atoms with Crippen LogP contribution in [0.5, 0.6) is 0 Å². The van der Waals surface area contributed by atoms with Crippen molar-refractivity contribution < 1.29 is 4.79 Å². The van der Waals surface area contributed by atoms with E-state index in [0.717, 1.165) is 22.6 Å². The predicted octanol–water partition coefficient (Wildman–Crippen LogP) is 6.60.